The highest BCUT2D eigenvalue weighted by molar-refractivity contribution is 5.86. The van der Waals surface area contributed by atoms with Crippen LogP contribution in [0.2, 0.25) is 0 Å². The number of aromatic amines is 2. The quantitative estimate of drug-likeness (QED) is 0.100. The topological polar surface area (TPSA) is 158 Å². The van der Waals surface area contributed by atoms with Crippen LogP contribution >= 0.6 is 0 Å². The number of rotatable bonds is 11. The average Bonchev–Trinajstić information content (AvgIpc) is 4.08. The predicted octanol–water partition coefficient (Wildman–Crippen LogP) is 7.72. The number of imidazole rings is 2. The number of aromatic nitrogens is 5. The lowest BCUT2D eigenvalue weighted by atomic mass is 9.78. The summed E-state index contributed by atoms with van der Waals surface area (Å²) in [6.07, 6.45) is 9.18. The zero-order valence-corrected chi connectivity index (χ0v) is 32.7. The van der Waals surface area contributed by atoms with E-state index in [2.05, 4.69) is 79.1 Å². The Balaban J connectivity index is 0.923. The van der Waals surface area contributed by atoms with Crippen LogP contribution in [0.1, 0.15) is 88.1 Å². The lowest BCUT2D eigenvalue weighted by Gasteiger charge is -2.30. The zero-order chi connectivity index (χ0) is 39.8. The van der Waals surface area contributed by atoms with Crippen LogP contribution in [0, 0.1) is 29.6 Å². The summed E-state index contributed by atoms with van der Waals surface area (Å²) in [5.74, 6) is 1.14. The Morgan fingerprint density at radius 3 is 2.05 bits per heavy atom. The summed E-state index contributed by atoms with van der Waals surface area (Å²) in [6.45, 7) is 6.20. The van der Waals surface area contributed by atoms with Crippen molar-refractivity contribution in [3.8, 4) is 33.6 Å². The second-order valence-corrected chi connectivity index (χ2v) is 16.1. The minimum atomic E-state index is -0.687. The predicted molar refractivity (Wildman–Crippen MR) is 213 cm³/mol. The van der Waals surface area contributed by atoms with Gasteiger partial charge in [0.1, 0.15) is 17.7 Å². The number of nitrogens with one attached hydrogen (secondary N) is 4. The molecule has 1 saturated heterocycles. The van der Waals surface area contributed by atoms with E-state index in [-0.39, 0.29) is 41.5 Å². The van der Waals surface area contributed by atoms with Crippen molar-refractivity contribution in [2.24, 2.45) is 23.7 Å². The Morgan fingerprint density at radius 2 is 1.42 bits per heavy atom. The van der Waals surface area contributed by atoms with Crippen molar-refractivity contribution in [1.29, 1.82) is 0 Å². The molecule has 12 nitrogen and oxygen atoms in total. The fraction of sp³-hybridized carbons (Fsp3) is 0.409. The van der Waals surface area contributed by atoms with E-state index in [0.29, 0.717) is 18.0 Å². The van der Waals surface area contributed by atoms with Gasteiger partial charge in [0.2, 0.25) is 17.8 Å². The summed E-state index contributed by atoms with van der Waals surface area (Å²) < 4.78 is 19.1. The van der Waals surface area contributed by atoms with Gasteiger partial charge in [-0.2, -0.15) is 4.39 Å². The number of carbonyl (C=O) groups is 3. The van der Waals surface area contributed by atoms with Crippen molar-refractivity contribution >= 4 is 17.9 Å². The standard InChI is InChI=1S/C44H49FN8O4/c1-24(2)38(52-44(56)57-4)43(55)53-20-6-8-35(53)40-47-22-33(50-40)28-13-9-26(10-14-28)27-11-15-29(16-12-27)34-23-48-41(51-34)36-30-17-18-31(21-30)37(36)42(54)49-25(3)32-7-5-19-46-39(32)45/h5,7,9-16,19,22-25,30-31,35-38H,6,8,17-18,20-21H2,1-4H3,(H,47,50)(H,48,51)(H,49,54)(H,52,56)/t25-,30-,31+,35-,36+,37+,38-/m0/s1. The third-order valence-corrected chi connectivity index (χ3v) is 12.3. The number of benzene rings is 2. The Kier molecular flexibility index (Phi) is 10.6. The fourth-order valence-electron chi connectivity index (χ4n) is 9.35. The summed E-state index contributed by atoms with van der Waals surface area (Å²) in [7, 11) is 1.29. The molecule has 296 valence electrons. The fourth-order valence-corrected chi connectivity index (χ4v) is 9.35. The van der Waals surface area contributed by atoms with Crippen LogP contribution in [-0.4, -0.2) is 67.4 Å². The second kappa shape index (κ2) is 16.0. The number of pyridine rings is 1. The molecule has 1 aliphatic heterocycles. The molecule has 13 heteroatoms. The first-order valence-corrected chi connectivity index (χ1v) is 20.0. The lowest BCUT2D eigenvalue weighted by molar-refractivity contribution is -0.135. The summed E-state index contributed by atoms with van der Waals surface area (Å²) in [4.78, 5) is 61.3. The van der Waals surface area contributed by atoms with Crippen LogP contribution in [-0.2, 0) is 14.3 Å². The number of amides is 3. The smallest absolute Gasteiger partial charge is 0.407 e. The summed E-state index contributed by atoms with van der Waals surface area (Å²) in [5.41, 5.74) is 6.26. The molecule has 2 bridgehead atoms. The molecular weight excluding hydrogens is 724 g/mol. The highest BCUT2D eigenvalue weighted by Crippen LogP contribution is 2.56. The van der Waals surface area contributed by atoms with Crippen LogP contribution in [0.4, 0.5) is 9.18 Å². The van der Waals surface area contributed by atoms with Crippen molar-refractivity contribution in [2.45, 2.75) is 76.9 Å². The summed E-state index contributed by atoms with van der Waals surface area (Å²) in [6, 6.07) is 18.6. The van der Waals surface area contributed by atoms with Crippen LogP contribution in [0.15, 0.2) is 79.3 Å². The van der Waals surface area contributed by atoms with Crippen LogP contribution in [0.5, 0.6) is 0 Å². The molecule has 7 atom stereocenters. The maximum absolute atomic E-state index is 14.4. The van der Waals surface area contributed by atoms with E-state index < -0.39 is 24.1 Å². The van der Waals surface area contributed by atoms with Gasteiger partial charge in [-0.3, -0.25) is 9.59 Å². The van der Waals surface area contributed by atoms with E-state index in [9.17, 15) is 18.8 Å². The maximum atomic E-state index is 14.4. The molecule has 0 unspecified atom stereocenters. The molecule has 0 radical (unpaired) electrons. The van der Waals surface area contributed by atoms with Gasteiger partial charge in [-0.25, -0.2) is 19.7 Å². The van der Waals surface area contributed by atoms with Crippen molar-refractivity contribution in [3.63, 3.8) is 0 Å². The number of H-pyrrole nitrogens is 2. The largest absolute Gasteiger partial charge is 0.453 e. The van der Waals surface area contributed by atoms with Crippen molar-refractivity contribution in [1.82, 2.24) is 40.5 Å². The first-order valence-electron chi connectivity index (χ1n) is 20.0. The van der Waals surface area contributed by atoms with Gasteiger partial charge >= 0.3 is 6.09 Å². The number of alkyl carbamates (subject to hydrolysis) is 1. The van der Waals surface area contributed by atoms with Gasteiger partial charge < -0.3 is 30.2 Å². The molecule has 5 aromatic rings. The van der Waals surface area contributed by atoms with Gasteiger partial charge in [0.05, 0.1) is 48.9 Å². The van der Waals surface area contributed by atoms with Gasteiger partial charge in [0.15, 0.2) is 0 Å². The highest BCUT2D eigenvalue weighted by Gasteiger charge is 2.52. The minimum Gasteiger partial charge on any atom is -0.453 e. The van der Waals surface area contributed by atoms with Crippen LogP contribution < -0.4 is 10.6 Å². The van der Waals surface area contributed by atoms with E-state index >= 15 is 0 Å². The molecule has 2 aromatic carbocycles. The Hall–Kier alpha value is -5.85. The van der Waals surface area contributed by atoms with E-state index in [1.165, 1.54) is 13.3 Å². The van der Waals surface area contributed by atoms with E-state index in [1.807, 2.05) is 24.9 Å². The highest BCUT2D eigenvalue weighted by atomic mass is 19.1. The molecule has 4 N–H and O–H groups in total. The summed E-state index contributed by atoms with van der Waals surface area (Å²) >= 11 is 0. The molecular formula is C44H49FN8O4. The Labute approximate surface area is 331 Å². The lowest BCUT2D eigenvalue weighted by Crippen LogP contribution is -2.51. The minimum absolute atomic E-state index is 0.0145. The third-order valence-electron chi connectivity index (χ3n) is 12.3. The number of fused-ring (bicyclic) bond motifs is 2. The third kappa shape index (κ3) is 7.54. The number of hydrogen-bond acceptors (Lipinski definition) is 7. The van der Waals surface area contributed by atoms with Gasteiger partial charge in [-0.15, -0.1) is 0 Å². The number of ether oxygens (including phenoxy) is 1. The monoisotopic (exact) mass is 772 g/mol. The second-order valence-electron chi connectivity index (χ2n) is 16.1. The number of methoxy groups -OCH3 is 1. The van der Waals surface area contributed by atoms with Crippen molar-refractivity contribution < 1.29 is 23.5 Å². The van der Waals surface area contributed by atoms with Gasteiger partial charge in [0, 0.05) is 24.2 Å². The first kappa shape index (κ1) is 38.0. The molecule has 3 fully saturated rings. The Bertz CT molecular complexity index is 2230. The number of carbonyl (C=O) groups excluding carboxylic acids is 3. The van der Waals surface area contributed by atoms with E-state index in [0.717, 1.165) is 77.4 Å². The first-order chi connectivity index (χ1) is 27.6. The van der Waals surface area contributed by atoms with E-state index in [1.54, 1.807) is 25.3 Å². The van der Waals surface area contributed by atoms with Gasteiger partial charge in [-0.05, 0) is 85.1 Å². The molecule has 3 aliphatic rings. The molecule has 3 amide bonds. The van der Waals surface area contributed by atoms with Gasteiger partial charge in [0.25, 0.3) is 0 Å². The van der Waals surface area contributed by atoms with E-state index in [4.69, 9.17) is 9.72 Å². The molecule has 8 rings (SSSR count). The number of nitrogens with zero attached hydrogens (tertiary/aromatic N) is 4. The number of hydrogen-bond donors (Lipinski definition) is 4. The molecule has 57 heavy (non-hydrogen) atoms. The average molecular weight is 773 g/mol. The molecule has 2 aliphatic carbocycles. The summed E-state index contributed by atoms with van der Waals surface area (Å²) in [5, 5.41) is 5.77. The zero-order valence-electron chi connectivity index (χ0n) is 32.7. The molecule has 3 aromatic heterocycles. The molecule has 2 saturated carbocycles. The SMILES string of the molecule is COC(=O)N[C@H](C(=O)N1CCC[C@H]1c1ncc(-c2ccc(-c3ccc(-c4cnc([C@@H]5[C@H]6CC[C@H](C6)[C@H]5C(=O)N[C@@H](C)c5cccnc5F)[nH]4)cc3)cc2)[nH]1)C(C)C. The molecule has 0 spiro atoms. The Morgan fingerprint density at radius 1 is 0.807 bits per heavy atom. The van der Waals surface area contributed by atoms with Crippen molar-refractivity contribution in [3.05, 3.63) is 102 Å². The maximum Gasteiger partial charge on any atom is 0.407 e. The number of halogens is 1. The van der Waals surface area contributed by atoms with Crippen LogP contribution in [0.25, 0.3) is 33.6 Å². The van der Waals surface area contributed by atoms with Crippen LogP contribution in [0.3, 0.4) is 0 Å². The molecule has 4 heterocycles. The number of likely N-dealkylation sites (tertiary alicyclic amines) is 1. The normalized spacial score (nSPS) is 22.4. The van der Waals surface area contributed by atoms with Gasteiger partial charge in [-0.1, -0.05) is 68.4 Å². The van der Waals surface area contributed by atoms with Crippen molar-refractivity contribution in [2.75, 3.05) is 13.7 Å².